The maximum absolute atomic E-state index is 12.1. The first-order chi connectivity index (χ1) is 7.33. The molecule has 1 fully saturated rings. The maximum atomic E-state index is 12.1. The SMILES string of the molecule is CC(C)[C@@H](N)C(=O)N1CCCC(C)(C)CC1.Cl. The van der Waals surface area contributed by atoms with Crippen molar-refractivity contribution in [1.29, 1.82) is 0 Å². The van der Waals surface area contributed by atoms with E-state index in [4.69, 9.17) is 5.73 Å². The highest BCUT2D eigenvalue weighted by atomic mass is 35.5. The number of nitrogens with zero attached hydrogens (tertiary/aromatic N) is 1. The van der Waals surface area contributed by atoms with Crippen molar-refractivity contribution in [1.82, 2.24) is 4.90 Å². The molecule has 0 bridgehead atoms. The fourth-order valence-electron chi connectivity index (χ4n) is 2.14. The van der Waals surface area contributed by atoms with Crippen LogP contribution in [0.2, 0.25) is 0 Å². The van der Waals surface area contributed by atoms with Gasteiger partial charge in [0.1, 0.15) is 0 Å². The van der Waals surface area contributed by atoms with Crippen molar-refractivity contribution in [2.75, 3.05) is 13.1 Å². The van der Waals surface area contributed by atoms with Gasteiger partial charge in [-0.1, -0.05) is 27.7 Å². The molecule has 102 valence electrons. The minimum Gasteiger partial charge on any atom is -0.341 e. The summed E-state index contributed by atoms with van der Waals surface area (Å²) >= 11 is 0. The maximum Gasteiger partial charge on any atom is 0.239 e. The molecule has 0 unspecified atom stereocenters. The predicted molar refractivity (Wildman–Crippen MR) is 74.3 cm³/mol. The summed E-state index contributed by atoms with van der Waals surface area (Å²) in [7, 11) is 0. The number of halogens is 1. The highest BCUT2D eigenvalue weighted by Gasteiger charge is 2.28. The third kappa shape index (κ3) is 4.84. The molecule has 1 saturated heterocycles. The summed E-state index contributed by atoms with van der Waals surface area (Å²) in [5.74, 6) is 0.358. The van der Waals surface area contributed by atoms with Crippen molar-refractivity contribution < 1.29 is 4.79 Å². The second kappa shape index (κ2) is 6.60. The minimum atomic E-state index is -0.332. The van der Waals surface area contributed by atoms with E-state index in [1.54, 1.807) is 0 Å². The van der Waals surface area contributed by atoms with Crippen LogP contribution in [0.25, 0.3) is 0 Å². The lowest BCUT2D eigenvalue weighted by Crippen LogP contribution is -2.47. The van der Waals surface area contributed by atoms with E-state index in [2.05, 4.69) is 13.8 Å². The Balaban J connectivity index is 0.00000256. The van der Waals surface area contributed by atoms with Crippen molar-refractivity contribution in [2.24, 2.45) is 17.1 Å². The van der Waals surface area contributed by atoms with Crippen LogP contribution in [0.3, 0.4) is 0 Å². The molecule has 0 saturated carbocycles. The summed E-state index contributed by atoms with van der Waals surface area (Å²) in [5.41, 5.74) is 6.29. The zero-order valence-electron chi connectivity index (χ0n) is 11.5. The normalized spacial score (nSPS) is 21.6. The van der Waals surface area contributed by atoms with Crippen LogP contribution < -0.4 is 5.73 Å². The minimum absolute atomic E-state index is 0. The van der Waals surface area contributed by atoms with E-state index in [-0.39, 0.29) is 30.3 Å². The van der Waals surface area contributed by atoms with E-state index in [0.29, 0.717) is 5.41 Å². The van der Waals surface area contributed by atoms with Gasteiger partial charge in [0.2, 0.25) is 5.91 Å². The first-order valence-corrected chi connectivity index (χ1v) is 6.38. The summed E-state index contributed by atoms with van der Waals surface area (Å²) in [6, 6.07) is -0.332. The highest BCUT2D eigenvalue weighted by molar-refractivity contribution is 5.85. The Bertz CT molecular complexity index is 254. The van der Waals surface area contributed by atoms with Crippen LogP contribution in [0.4, 0.5) is 0 Å². The quantitative estimate of drug-likeness (QED) is 0.831. The molecule has 1 heterocycles. The van der Waals surface area contributed by atoms with E-state index >= 15 is 0 Å². The van der Waals surface area contributed by atoms with Crippen molar-refractivity contribution in [2.45, 2.75) is 53.0 Å². The van der Waals surface area contributed by atoms with Gasteiger partial charge in [0.15, 0.2) is 0 Å². The fraction of sp³-hybridized carbons (Fsp3) is 0.923. The molecule has 17 heavy (non-hydrogen) atoms. The molecule has 0 radical (unpaired) electrons. The van der Waals surface area contributed by atoms with Crippen LogP contribution in [-0.2, 0) is 4.79 Å². The van der Waals surface area contributed by atoms with E-state index in [1.165, 1.54) is 6.42 Å². The van der Waals surface area contributed by atoms with Gasteiger partial charge in [-0.05, 0) is 30.6 Å². The summed E-state index contributed by atoms with van der Waals surface area (Å²) in [4.78, 5) is 14.1. The number of carbonyl (C=O) groups is 1. The zero-order valence-corrected chi connectivity index (χ0v) is 12.3. The molecule has 0 aromatic rings. The number of carbonyl (C=O) groups excluding carboxylic acids is 1. The molecule has 1 aliphatic heterocycles. The Kier molecular flexibility index (Phi) is 6.49. The van der Waals surface area contributed by atoms with Crippen molar-refractivity contribution in [3.05, 3.63) is 0 Å². The third-order valence-electron chi connectivity index (χ3n) is 3.66. The van der Waals surface area contributed by atoms with Crippen LogP contribution in [0.15, 0.2) is 0 Å². The first kappa shape index (κ1) is 16.7. The largest absolute Gasteiger partial charge is 0.341 e. The molecule has 1 atom stereocenters. The van der Waals surface area contributed by atoms with Gasteiger partial charge in [0.25, 0.3) is 0 Å². The molecule has 1 rings (SSSR count). The average Bonchev–Trinajstić information content (AvgIpc) is 2.37. The third-order valence-corrected chi connectivity index (χ3v) is 3.66. The standard InChI is InChI=1S/C13H26N2O.ClH/c1-10(2)11(14)12(16)15-8-5-6-13(3,4)7-9-15;/h10-11H,5-9,14H2,1-4H3;1H/t11-;/m1./s1. The summed E-state index contributed by atoms with van der Waals surface area (Å²) in [5, 5.41) is 0. The molecule has 0 aliphatic carbocycles. The number of rotatable bonds is 2. The van der Waals surface area contributed by atoms with Crippen LogP contribution in [0, 0.1) is 11.3 Å². The van der Waals surface area contributed by atoms with Crippen LogP contribution in [0.1, 0.15) is 47.0 Å². The molecule has 0 spiro atoms. The summed E-state index contributed by atoms with van der Waals surface area (Å²) < 4.78 is 0. The smallest absolute Gasteiger partial charge is 0.239 e. The van der Waals surface area contributed by atoms with Gasteiger partial charge >= 0.3 is 0 Å². The second-order valence-electron chi connectivity index (χ2n) is 6.11. The number of likely N-dealkylation sites (tertiary alicyclic amines) is 1. The van der Waals surface area contributed by atoms with Gasteiger partial charge in [0, 0.05) is 13.1 Å². The van der Waals surface area contributed by atoms with E-state index in [0.717, 1.165) is 25.9 Å². The van der Waals surface area contributed by atoms with Gasteiger partial charge in [-0.3, -0.25) is 4.79 Å². The Morgan fingerprint density at radius 1 is 1.24 bits per heavy atom. The Labute approximate surface area is 112 Å². The van der Waals surface area contributed by atoms with E-state index in [9.17, 15) is 4.79 Å². The first-order valence-electron chi connectivity index (χ1n) is 6.38. The summed E-state index contributed by atoms with van der Waals surface area (Å²) in [6.07, 6.45) is 3.39. The molecule has 1 amide bonds. The number of hydrogen-bond donors (Lipinski definition) is 1. The molecular weight excluding hydrogens is 236 g/mol. The average molecular weight is 263 g/mol. The van der Waals surface area contributed by atoms with Gasteiger partial charge in [-0.25, -0.2) is 0 Å². The lowest BCUT2D eigenvalue weighted by molar-refractivity contribution is -0.133. The predicted octanol–water partition coefficient (Wildman–Crippen LogP) is 2.43. The molecular formula is C13H27ClN2O. The summed E-state index contributed by atoms with van der Waals surface area (Å²) in [6.45, 7) is 10.3. The lowest BCUT2D eigenvalue weighted by atomic mass is 9.85. The van der Waals surface area contributed by atoms with Gasteiger partial charge in [-0.2, -0.15) is 0 Å². The Morgan fingerprint density at radius 2 is 1.82 bits per heavy atom. The Hall–Kier alpha value is -0.280. The van der Waals surface area contributed by atoms with Crippen LogP contribution in [0.5, 0.6) is 0 Å². The number of amides is 1. The molecule has 4 heteroatoms. The second-order valence-corrected chi connectivity index (χ2v) is 6.11. The van der Waals surface area contributed by atoms with Crippen molar-refractivity contribution in [3.63, 3.8) is 0 Å². The van der Waals surface area contributed by atoms with Crippen molar-refractivity contribution >= 4 is 18.3 Å². The zero-order chi connectivity index (χ0) is 12.3. The Morgan fingerprint density at radius 3 is 2.35 bits per heavy atom. The van der Waals surface area contributed by atoms with E-state index in [1.807, 2.05) is 18.7 Å². The number of hydrogen-bond acceptors (Lipinski definition) is 2. The van der Waals surface area contributed by atoms with Gasteiger partial charge in [-0.15, -0.1) is 12.4 Å². The topological polar surface area (TPSA) is 46.3 Å². The molecule has 1 aliphatic rings. The van der Waals surface area contributed by atoms with Gasteiger partial charge < -0.3 is 10.6 Å². The van der Waals surface area contributed by atoms with Gasteiger partial charge in [0.05, 0.1) is 6.04 Å². The van der Waals surface area contributed by atoms with Crippen molar-refractivity contribution in [3.8, 4) is 0 Å². The monoisotopic (exact) mass is 262 g/mol. The van der Waals surface area contributed by atoms with E-state index < -0.39 is 0 Å². The molecule has 2 N–H and O–H groups in total. The molecule has 0 aromatic carbocycles. The lowest BCUT2D eigenvalue weighted by Gasteiger charge is -2.27. The molecule has 3 nitrogen and oxygen atoms in total. The highest BCUT2D eigenvalue weighted by Crippen LogP contribution is 2.29. The van der Waals surface area contributed by atoms with Crippen LogP contribution in [-0.4, -0.2) is 29.9 Å². The number of nitrogens with two attached hydrogens (primary N) is 1. The van der Waals surface area contributed by atoms with Crippen LogP contribution >= 0.6 is 12.4 Å². The fourth-order valence-corrected chi connectivity index (χ4v) is 2.14. The molecule has 0 aromatic heterocycles.